The van der Waals surface area contributed by atoms with E-state index in [9.17, 15) is 9.18 Å². The van der Waals surface area contributed by atoms with Gasteiger partial charge in [-0.25, -0.2) is 4.39 Å². The number of carbonyl (C=O) groups excluding carboxylic acids is 1. The van der Waals surface area contributed by atoms with Gasteiger partial charge in [0.15, 0.2) is 0 Å². The smallest absolute Gasteiger partial charge is 0.323 e. The number of rotatable bonds is 5. The molecule has 0 aliphatic heterocycles. The van der Waals surface area contributed by atoms with Crippen molar-refractivity contribution >= 4 is 5.97 Å². The van der Waals surface area contributed by atoms with Crippen LogP contribution in [0.15, 0.2) is 18.2 Å². The van der Waals surface area contributed by atoms with Crippen molar-refractivity contribution in [1.29, 1.82) is 0 Å². The maximum Gasteiger partial charge on any atom is 0.323 e. The van der Waals surface area contributed by atoms with Crippen LogP contribution in [-0.2, 0) is 16.1 Å². The Labute approximate surface area is 107 Å². The number of halogens is 1. The highest BCUT2D eigenvalue weighted by Gasteiger charge is 2.22. The van der Waals surface area contributed by atoms with Gasteiger partial charge in [-0.1, -0.05) is 26.0 Å². The normalized spacial score (nSPS) is 12.6. The highest BCUT2D eigenvalue weighted by atomic mass is 19.1. The third-order valence-electron chi connectivity index (χ3n) is 2.87. The number of ether oxygens (including phenoxy) is 1. The van der Waals surface area contributed by atoms with Crippen molar-refractivity contribution in [1.82, 2.24) is 5.32 Å². The first-order chi connectivity index (χ1) is 8.45. The summed E-state index contributed by atoms with van der Waals surface area (Å²) >= 11 is 0. The minimum atomic E-state index is -0.347. The zero-order valence-electron chi connectivity index (χ0n) is 11.3. The van der Waals surface area contributed by atoms with Crippen molar-refractivity contribution in [3.8, 4) is 0 Å². The predicted octanol–water partition coefficient (Wildman–Crippen LogP) is 2.42. The van der Waals surface area contributed by atoms with Crippen LogP contribution in [-0.4, -0.2) is 19.1 Å². The third kappa shape index (κ3) is 3.81. The van der Waals surface area contributed by atoms with Crippen LogP contribution in [0.2, 0.25) is 0 Å². The molecular formula is C14H20FNO2. The largest absolute Gasteiger partial charge is 0.468 e. The molecule has 0 radical (unpaired) electrons. The lowest BCUT2D eigenvalue weighted by Gasteiger charge is -2.20. The molecule has 0 saturated carbocycles. The average molecular weight is 253 g/mol. The first-order valence-corrected chi connectivity index (χ1v) is 6.02. The van der Waals surface area contributed by atoms with Gasteiger partial charge in [0.25, 0.3) is 0 Å². The van der Waals surface area contributed by atoms with Gasteiger partial charge in [0.1, 0.15) is 11.9 Å². The first kappa shape index (κ1) is 14.6. The van der Waals surface area contributed by atoms with Gasteiger partial charge >= 0.3 is 5.97 Å². The van der Waals surface area contributed by atoms with E-state index in [1.54, 1.807) is 19.1 Å². The van der Waals surface area contributed by atoms with E-state index in [-0.39, 0.29) is 23.7 Å². The molecule has 18 heavy (non-hydrogen) atoms. The van der Waals surface area contributed by atoms with Crippen molar-refractivity contribution in [2.45, 2.75) is 33.4 Å². The topological polar surface area (TPSA) is 38.3 Å². The SMILES string of the molecule is COC(=O)C(NCc1ccc(F)c(C)c1)C(C)C. The Morgan fingerprint density at radius 1 is 1.44 bits per heavy atom. The van der Waals surface area contributed by atoms with E-state index in [1.165, 1.54) is 13.2 Å². The predicted molar refractivity (Wildman–Crippen MR) is 68.6 cm³/mol. The van der Waals surface area contributed by atoms with Crippen LogP contribution in [0.5, 0.6) is 0 Å². The van der Waals surface area contributed by atoms with Crippen molar-refractivity contribution < 1.29 is 13.9 Å². The lowest BCUT2D eigenvalue weighted by molar-refractivity contribution is -0.144. The van der Waals surface area contributed by atoms with Gasteiger partial charge in [-0.05, 0) is 30.0 Å². The van der Waals surface area contributed by atoms with Crippen LogP contribution in [0.3, 0.4) is 0 Å². The van der Waals surface area contributed by atoms with Gasteiger partial charge in [0, 0.05) is 6.54 Å². The zero-order valence-corrected chi connectivity index (χ0v) is 11.3. The molecule has 0 amide bonds. The molecule has 1 N–H and O–H groups in total. The maximum atomic E-state index is 13.1. The molecule has 3 nitrogen and oxygen atoms in total. The van der Waals surface area contributed by atoms with Gasteiger partial charge in [-0.15, -0.1) is 0 Å². The molecule has 1 atom stereocenters. The summed E-state index contributed by atoms with van der Waals surface area (Å²) in [5.41, 5.74) is 1.55. The fourth-order valence-electron chi connectivity index (χ4n) is 1.76. The summed E-state index contributed by atoms with van der Waals surface area (Å²) in [7, 11) is 1.38. The number of hydrogen-bond donors (Lipinski definition) is 1. The zero-order chi connectivity index (χ0) is 13.7. The van der Waals surface area contributed by atoms with Gasteiger partial charge in [-0.3, -0.25) is 4.79 Å². The van der Waals surface area contributed by atoms with Gasteiger partial charge in [-0.2, -0.15) is 0 Å². The second kappa shape index (κ2) is 6.50. The van der Waals surface area contributed by atoms with Gasteiger partial charge < -0.3 is 10.1 Å². The quantitative estimate of drug-likeness (QED) is 0.819. The highest BCUT2D eigenvalue weighted by molar-refractivity contribution is 5.75. The Morgan fingerprint density at radius 3 is 2.61 bits per heavy atom. The van der Waals surface area contributed by atoms with Crippen LogP contribution in [0.4, 0.5) is 4.39 Å². The van der Waals surface area contributed by atoms with E-state index in [2.05, 4.69) is 5.32 Å². The molecule has 0 saturated heterocycles. The molecule has 1 aromatic rings. The molecule has 0 bridgehead atoms. The van der Waals surface area contributed by atoms with Crippen LogP contribution < -0.4 is 5.32 Å². The summed E-state index contributed by atoms with van der Waals surface area (Å²) in [4.78, 5) is 11.6. The number of nitrogens with one attached hydrogen (secondary N) is 1. The van der Waals surface area contributed by atoms with Crippen LogP contribution in [0.25, 0.3) is 0 Å². The van der Waals surface area contributed by atoms with Crippen molar-refractivity contribution in [2.24, 2.45) is 5.92 Å². The number of methoxy groups -OCH3 is 1. The standard InChI is InChI=1S/C14H20FNO2/c1-9(2)13(14(17)18-4)16-8-11-5-6-12(15)10(3)7-11/h5-7,9,13,16H,8H2,1-4H3. The average Bonchev–Trinajstić information content (AvgIpc) is 2.33. The molecule has 100 valence electrons. The van der Waals surface area contributed by atoms with E-state index < -0.39 is 0 Å². The summed E-state index contributed by atoms with van der Waals surface area (Å²) in [6.07, 6.45) is 0. The first-order valence-electron chi connectivity index (χ1n) is 6.02. The molecule has 1 unspecified atom stereocenters. The summed E-state index contributed by atoms with van der Waals surface area (Å²) in [6, 6.07) is 4.58. The fraction of sp³-hybridized carbons (Fsp3) is 0.500. The number of carbonyl (C=O) groups is 1. The summed E-state index contributed by atoms with van der Waals surface area (Å²) in [5, 5.41) is 3.14. The maximum absolute atomic E-state index is 13.1. The second-order valence-corrected chi connectivity index (χ2v) is 4.71. The Balaban J connectivity index is 2.67. The van der Waals surface area contributed by atoms with Crippen LogP contribution >= 0.6 is 0 Å². The van der Waals surface area contributed by atoms with Gasteiger partial charge in [0.05, 0.1) is 7.11 Å². The molecule has 0 fully saturated rings. The number of hydrogen-bond acceptors (Lipinski definition) is 3. The van der Waals surface area contributed by atoms with E-state index in [0.29, 0.717) is 12.1 Å². The molecule has 1 rings (SSSR count). The number of esters is 1. The Bertz CT molecular complexity index is 418. The Hall–Kier alpha value is -1.42. The Morgan fingerprint density at radius 2 is 2.11 bits per heavy atom. The molecule has 0 spiro atoms. The summed E-state index contributed by atoms with van der Waals surface area (Å²) in [5.74, 6) is -0.352. The van der Waals surface area contributed by atoms with Crippen molar-refractivity contribution in [3.05, 3.63) is 35.1 Å². The van der Waals surface area contributed by atoms with Crippen LogP contribution in [0, 0.1) is 18.7 Å². The van der Waals surface area contributed by atoms with Crippen molar-refractivity contribution in [3.63, 3.8) is 0 Å². The van der Waals surface area contributed by atoms with E-state index in [0.717, 1.165) is 5.56 Å². The highest BCUT2D eigenvalue weighted by Crippen LogP contribution is 2.10. The van der Waals surface area contributed by atoms with Crippen molar-refractivity contribution in [2.75, 3.05) is 7.11 Å². The lowest BCUT2D eigenvalue weighted by Crippen LogP contribution is -2.41. The van der Waals surface area contributed by atoms with E-state index in [1.807, 2.05) is 13.8 Å². The molecular weight excluding hydrogens is 233 g/mol. The minimum Gasteiger partial charge on any atom is -0.468 e. The second-order valence-electron chi connectivity index (χ2n) is 4.71. The number of benzene rings is 1. The Kier molecular flexibility index (Phi) is 5.28. The van der Waals surface area contributed by atoms with E-state index in [4.69, 9.17) is 4.74 Å². The van der Waals surface area contributed by atoms with Gasteiger partial charge in [0.2, 0.25) is 0 Å². The fourth-order valence-corrected chi connectivity index (χ4v) is 1.76. The molecule has 0 aliphatic rings. The molecule has 4 heteroatoms. The summed E-state index contributed by atoms with van der Waals surface area (Å²) in [6.45, 7) is 6.13. The molecule has 0 aromatic heterocycles. The third-order valence-corrected chi connectivity index (χ3v) is 2.87. The number of aryl methyl sites for hydroxylation is 1. The van der Waals surface area contributed by atoms with Crippen LogP contribution in [0.1, 0.15) is 25.0 Å². The summed E-state index contributed by atoms with van der Waals surface area (Å²) < 4.78 is 17.9. The lowest BCUT2D eigenvalue weighted by atomic mass is 10.0. The monoisotopic (exact) mass is 253 g/mol. The molecule has 1 aromatic carbocycles. The molecule has 0 heterocycles. The molecule has 0 aliphatic carbocycles. The van der Waals surface area contributed by atoms with E-state index >= 15 is 0 Å². The minimum absolute atomic E-state index is 0.138.